The Bertz CT molecular complexity index is 1030. The molecular weight excluding hydrogens is 362 g/mol. The second-order valence-electron chi connectivity index (χ2n) is 7.51. The number of rotatable bonds is 4. The van der Waals surface area contributed by atoms with Crippen molar-refractivity contribution in [3.05, 3.63) is 77.0 Å². The molecule has 5 heteroatoms. The Morgan fingerprint density at radius 2 is 1.93 bits per heavy atom. The molecule has 0 spiro atoms. The van der Waals surface area contributed by atoms with E-state index in [1.807, 2.05) is 61.2 Å². The van der Waals surface area contributed by atoms with Gasteiger partial charge < -0.3 is 9.64 Å². The molecule has 0 saturated carbocycles. The Hall–Kier alpha value is -3.21. The normalized spacial score (nSPS) is 16.1. The van der Waals surface area contributed by atoms with Crippen LogP contribution in [0.4, 0.5) is 0 Å². The number of methoxy groups -OCH3 is 1. The number of nitrogens with zero attached hydrogens (tertiary/aromatic N) is 3. The molecule has 1 amide bonds. The first kappa shape index (κ1) is 19.1. The van der Waals surface area contributed by atoms with E-state index in [0.29, 0.717) is 5.56 Å². The monoisotopic (exact) mass is 387 g/mol. The summed E-state index contributed by atoms with van der Waals surface area (Å²) in [6, 6.07) is 15.8. The molecule has 4 rings (SSSR count). The number of ether oxygens (including phenoxy) is 1. The fourth-order valence-electron chi connectivity index (χ4n) is 3.95. The molecule has 0 radical (unpaired) electrons. The number of likely N-dealkylation sites (tertiary alicyclic amines) is 1. The summed E-state index contributed by atoms with van der Waals surface area (Å²) < 4.78 is 5.35. The quantitative estimate of drug-likeness (QED) is 0.648. The van der Waals surface area contributed by atoms with Crippen LogP contribution < -0.4 is 4.74 Å². The van der Waals surface area contributed by atoms with Gasteiger partial charge in [-0.15, -0.1) is 0 Å². The third-order valence-corrected chi connectivity index (χ3v) is 5.75. The Morgan fingerprint density at radius 3 is 2.69 bits per heavy atom. The van der Waals surface area contributed by atoms with Crippen LogP contribution in [0.5, 0.6) is 5.75 Å². The number of hydrogen-bond acceptors (Lipinski definition) is 4. The highest BCUT2D eigenvalue weighted by Gasteiger charge is 2.30. The van der Waals surface area contributed by atoms with Crippen LogP contribution in [0, 0.1) is 13.8 Å². The van der Waals surface area contributed by atoms with Crippen LogP contribution >= 0.6 is 0 Å². The van der Waals surface area contributed by atoms with Crippen molar-refractivity contribution in [2.45, 2.75) is 32.7 Å². The second kappa shape index (κ2) is 8.03. The van der Waals surface area contributed by atoms with Gasteiger partial charge in [-0.1, -0.05) is 24.3 Å². The third kappa shape index (κ3) is 3.73. The van der Waals surface area contributed by atoms with Crippen LogP contribution in [0.2, 0.25) is 0 Å². The summed E-state index contributed by atoms with van der Waals surface area (Å²) in [6.45, 7) is 4.84. The van der Waals surface area contributed by atoms with Crippen LogP contribution in [-0.4, -0.2) is 34.7 Å². The number of hydrogen-bond donors (Lipinski definition) is 0. The largest absolute Gasteiger partial charge is 0.497 e. The maximum Gasteiger partial charge on any atom is 0.254 e. The Morgan fingerprint density at radius 1 is 1.14 bits per heavy atom. The fourth-order valence-corrected chi connectivity index (χ4v) is 3.95. The Kier molecular flexibility index (Phi) is 5.30. The van der Waals surface area contributed by atoms with Crippen molar-refractivity contribution in [3.8, 4) is 17.0 Å². The number of carbonyl (C=O) groups is 1. The molecule has 0 bridgehead atoms. The lowest BCUT2D eigenvalue weighted by Crippen LogP contribution is -2.30. The van der Waals surface area contributed by atoms with E-state index in [0.717, 1.165) is 53.1 Å². The minimum Gasteiger partial charge on any atom is -0.497 e. The average Bonchev–Trinajstić information content (AvgIpc) is 3.25. The molecule has 2 heterocycles. The molecule has 29 heavy (non-hydrogen) atoms. The summed E-state index contributed by atoms with van der Waals surface area (Å²) in [7, 11) is 1.67. The van der Waals surface area contributed by atoms with Crippen molar-refractivity contribution in [1.82, 2.24) is 15.1 Å². The van der Waals surface area contributed by atoms with Gasteiger partial charge in [0.1, 0.15) is 5.75 Å². The molecule has 1 atom stereocenters. The van der Waals surface area contributed by atoms with Gasteiger partial charge in [0.2, 0.25) is 0 Å². The average molecular weight is 387 g/mol. The molecule has 0 N–H and O–H groups in total. The lowest BCUT2D eigenvalue weighted by atomic mass is 10.0. The Labute approximate surface area is 171 Å². The van der Waals surface area contributed by atoms with Gasteiger partial charge in [0.15, 0.2) is 0 Å². The molecule has 148 valence electrons. The van der Waals surface area contributed by atoms with Crippen molar-refractivity contribution in [1.29, 1.82) is 0 Å². The van der Waals surface area contributed by atoms with E-state index in [2.05, 4.69) is 16.3 Å². The zero-order chi connectivity index (χ0) is 20.4. The highest BCUT2D eigenvalue weighted by atomic mass is 16.5. The summed E-state index contributed by atoms with van der Waals surface area (Å²) in [5.41, 5.74) is 5.87. The maximum atomic E-state index is 13.2. The first-order chi connectivity index (χ1) is 14.1. The minimum atomic E-state index is 0.0638. The molecule has 1 aromatic heterocycles. The van der Waals surface area contributed by atoms with Crippen molar-refractivity contribution < 1.29 is 9.53 Å². The molecule has 0 aliphatic carbocycles. The summed E-state index contributed by atoms with van der Waals surface area (Å²) in [5.74, 6) is 0.884. The van der Waals surface area contributed by atoms with Gasteiger partial charge in [-0.05, 0) is 67.6 Å². The first-order valence-electron chi connectivity index (χ1n) is 9.92. The van der Waals surface area contributed by atoms with Gasteiger partial charge >= 0.3 is 0 Å². The van der Waals surface area contributed by atoms with Crippen molar-refractivity contribution in [3.63, 3.8) is 0 Å². The van der Waals surface area contributed by atoms with Gasteiger partial charge in [0.25, 0.3) is 5.91 Å². The van der Waals surface area contributed by atoms with Crippen LogP contribution in [0.25, 0.3) is 11.3 Å². The van der Waals surface area contributed by atoms with E-state index >= 15 is 0 Å². The summed E-state index contributed by atoms with van der Waals surface area (Å²) >= 11 is 0. The number of aromatic nitrogens is 2. The maximum absolute atomic E-state index is 13.2. The van der Waals surface area contributed by atoms with Crippen LogP contribution in [0.1, 0.15) is 45.9 Å². The number of amides is 1. The van der Waals surface area contributed by atoms with E-state index < -0.39 is 0 Å². The summed E-state index contributed by atoms with van der Waals surface area (Å²) in [5, 5.41) is 8.34. The lowest BCUT2D eigenvalue weighted by molar-refractivity contribution is 0.0735. The van der Waals surface area contributed by atoms with Crippen LogP contribution in [0.15, 0.2) is 54.7 Å². The molecule has 1 aliphatic heterocycles. The van der Waals surface area contributed by atoms with Crippen LogP contribution in [-0.2, 0) is 0 Å². The smallest absolute Gasteiger partial charge is 0.254 e. The molecule has 1 saturated heterocycles. The van der Waals surface area contributed by atoms with E-state index in [1.165, 1.54) is 0 Å². The summed E-state index contributed by atoms with van der Waals surface area (Å²) in [6.07, 6.45) is 3.74. The predicted molar refractivity (Wildman–Crippen MR) is 113 cm³/mol. The summed E-state index contributed by atoms with van der Waals surface area (Å²) in [4.78, 5) is 15.2. The standard InChI is InChI=1S/C24H25N3O2/c1-16-15-25-26-23(17(16)2)18-9-11-19(12-10-18)24(28)27-13-5-8-22(27)20-6-4-7-21(14-20)29-3/h4,6-7,9-12,14-15,22H,5,8,13H2,1-3H3. The van der Waals surface area contributed by atoms with Crippen molar-refractivity contribution in [2.24, 2.45) is 0 Å². The first-order valence-corrected chi connectivity index (χ1v) is 9.92. The van der Waals surface area contributed by atoms with Crippen molar-refractivity contribution in [2.75, 3.05) is 13.7 Å². The van der Waals surface area contributed by atoms with E-state index in [-0.39, 0.29) is 11.9 Å². The third-order valence-electron chi connectivity index (χ3n) is 5.75. The van der Waals surface area contributed by atoms with Crippen molar-refractivity contribution >= 4 is 5.91 Å². The fraction of sp³-hybridized carbons (Fsp3) is 0.292. The molecule has 1 aliphatic rings. The zero-order valence-electron chi connectivity index (χ0n) is 17.1. The van der Waals surface area contributed by atoms with E-state index in [9.17, 15) is 4.79 Å². The topological polar surface area (TPSA) is 55.3 Å². The zero-order valence-corrected chi connectivity index (χ0v) is 17.1. The highest BCUT2D eigenvalue weighted by Crippen LogP contribution is 2.34. The van der Waals surface area contributed by atoms with Gasteiger partial charge in [0.05, 0.1) is 25.0 Å². The molecule has 5 nitrogen and oxygen atoms in total. The number of carbonyl (C=O) groups excluding carboxylic acids is 1. The van der Waals surface area contributed by atoms with Gasteiger partial charge in [-0.2, -0.15) is 10.2 Å². The highest BCUT2D eigenvalue weighted by molar-refractivity contribution is 5.95. The predicted octanol–water partition coefficient (Wildman–Crippen LogP) is 4.75. The molecular formula is C24H25N3O2. The SMILES string of the molecule is COc1cccc(C2CCCN2C(=O)c2ccc(-c3nncc(C)c3C)cc2)c1. The minimum absolute atomic E-state index is 0.0638. The lowest BCUT2D eigenvalue weighted by Gasteiger charge is -2.25. The van der Waals surface area contributed by atoms with Crippen LogP contribution in [0.3, 0.4) is 0 Å². The number of aryl methyl sites for hydroxylation is 1. The van der Waals surface area contributed by atoms with Gasteiger partial charge in [-0.3, -0.25) is 4.79 Å². The Balaban J connectivity index is 1.58. The van der Waals surface area contributed by atoms with E-state index in [1.54, 1.807) is 13.3 Å². The van der Waals surface area contributed by atoms with E-state index in [4.69, 9.17) is 4.74 Å². The molecule has 1 unspecified atom stereocenters. The van der Waals surface area contributed by atoms with Gasteiger partial charge in [-0.25, -0.2) is 0 Å². The second-order valence-corrected chi connectivity index (χ2v) is 7.51. The molecule has 1 fully saturated rings. The number of benzene rings is 2. The van der Waals surface area contributed by atoms with Gasteiger partial charge in [0, 0.05) is 17.7 Å². The molecule has 2 aromatic carbocycles. The molecule has 3 aromatic rings.